The Hall–Kier alpha value is -2.70. The minimum Gasteiger partial charge on any atom is -0.480 e. The molecule has 1 aliphatic rings. The van der Waals surface area contributed by atoms with Crippen molar-refractivity contribution in [3.05, 3.63) is 35.4 Å². The molecule has 0 radical (unpaired) electrons. The van der Waals surface area contributed by atoms with Crippen molar-refractivity contribution in [2.75, 3.05) is 0 Å². The summed E-state index contributed by atoms with van der Waals surface area (Å²) in [6, 6.07) is 4.23. The molecule has 3 amide bonds. The number of aliphatic carboxylic acids is 1. The fourth-order valence-corrected chi connectivity index (χ4v) is 2.63. The first-order chi connectivity index (χ1) is 11.4. The van der Waals surface area contributed by atoms with Crippen LogP contribution in [-0.2, 0) is 9.59 Å². The van der Waals surface area contributed by atoms with Crippen molar-refractivity contribution in [3.63, 3.8) is 0 Å². The zero-order valence-electron chi connectivity index (χ0n) is 13.6. The molecule has 24 heavy (non-hydrogen) atoms. The van der Waals surface area contributed by atoms with Crippen molar-refractivity contribution < 1.29 is 24.3 Å². The van der Waals surface area contributed by atoms with Crippen LogP contribution in [0, 0.1) is 0 Å². The number of carboxylic acids is 1. The predicted octanol–water partition coefficient (Wildman–Crippen LogP) is 1.43. The molecule has 0 aliphatic carbocycles. The lowest BCUT2D eigenvalue weighted by molar-refractivity contribution is -0.142. The predicted molar refractivity (Wildman–Crippen MR) is 85.5 cm³/mol. The summed E-state index contributed by atoms with van der Waals surface area (Å²) < 4.78 is 0. The van der Waals surface area contributed by atoms with Crippen LogP contribution in [0.3, 0.4) is 0 Å². The number of carbonyl (C=O) groups excluding carboxylic acids is 3. The second kappa shape index (κ2) is 7.25. The molecule has 1 aromatic carbocycles. The summed E-state index contributed by atoms with van der Waals surface area (Å²) in [5.41, 5.74) is 0.505. The lowest BCUT2D eigenvalue weighted by Crippen LogP contribution is -2.52. The number of carboxylic acid groups (broad SMARTS) is 1. The highest BCUT2D eigenvalue weighted by Gasteiger charge is 2.41. The van der Waals surface area contributed by atoms with Gasteiger partial charge in [0.05, 0.1) is 11.1 Å². The summed E-state index contributed by atoms with van der Waals surface area (Å²) in [7, 11) is 0. The largest absolute Gasteiger partial charge is 0.480 e. The summed E-state index contributed by atoms with van der Waals surface area (Å²) in [5, 5.41) is 11.6. The SMILES string of the molecule is CCCCC(NC(=O)C(C)N1C(=O)c2ccccc2C1=O)C(=O)O. The number of unbranched alkanes of at least 4 members (excludes halogenated alkanes) is 1. The van der Waals surface area contributed by atoms with E-state index in [2.05, 4.69) is 5.32 Å². The van der Waals surface area contributed by atoms with Gasteiger partial charge in [0.2, 0.25) is 5.91 Å². The van der Waals surface area contributed by atoms with Crippen molar-refractivity contribution in [3.8, 4) is 0 Å². The van der Waals surface area contributed by atoms with E-state index in [1.807, 2.05) is 6.92 Å². The normalized spacial score (nSPS) is 15.8. The van der Waals surface area contributed by atoms with Gasteiger partial charge in [0.1, 0.15) is 12.1 Å². The van der Waals surface area contributed by atoms with E-state index in [9.17, 15) is 24.3 Å². The fourth-order valence-electron chi connectivity index (χ4n) is 2.63. The minimum absolute atomic E-state index is 0.253. The molecule has 2 unspecified atom stereocenters. The van der Waals surface area contributed by atoms with Crippen molar-refractivity contribution in [2.45, 2.75) is 45.2 Å². The second-order valence-electron chi connectivity index (χ2n) is 5.74. The Morgan fingerprint density at radius 3 is 2.17 bits per heavy atom. The highest BCUT2D eigenvalue weighted by molar-refractivity contribution is 6.22. The van der Waals surface area contributed by atoms with E-state index in [4.69, 9.17) is 0 Å². The minimum atomic E-state index is -1.13. The van der Waals surface area contributed by atoms with E-state index >= 15 is 0 Å². The molecule has 1 aliphatic heterocycles. The van der Waals surface area contributed by atoms with E-state index in [0.29, 0.717) is 12.8 Å². The van der Waals surface area contributed by atoms with Crippen LogP contribution in [0.2, 0.25) is 0 Å². The molecule has 2 atom stereocenters. The quantitative estimate of drug-likeness (QED) is 0.735. The molecule has 0 fully saturated rings. The molecule has 0 aromatic heterocycles. The van der Waals surface area contributed by atoms with Crippen LogP contribution in [0.5, 0.6) is 0 Å². The molecule has 2 rings (SSSR count). The Labute approximate surface area is 139 Å². The van der Waals surface area contributed by atoms with Crippen LogP contribution >= 0.6 is 0 Å². The van der Waals surface area contributed by atoms with Crippen LogP contribution in [0.25, 0.3) is 0 Å². The Morgan fingerprint density at radius 2 is 1.71 bits per heavy atom. The third-order valence-electron chi connectivity index (χ3n) is 4.05. The molecule has 2 N–H and O–H groups in total. The highest BCUT2D eigenvalue weighted by atomic mass is 16.4. The lowest BCUT2D eigenvalue weighted by atomic mass is 10.1. The summed E-state index contributed by atoms with van der Waals surface area (Å²) >= 11 is 0. The number of imide groups is 1. The smallest absolute Gasteiger partial charge is 0.326 e. The van der Waals surface area contributed by atoms with Crippen molar-refractivity contribution in [2.24, 2.45) is 0 Å². The van der Waals surface area contributed by atoms with Gasteiger partial charge in [-0.05, 0) is 25.5 Å². The summed E-state index contributed by atoms with van der Waals surface area (Å²) in [6.07, 6.45) is 1.75. The molecule has 0 saturated carbocycles. The molecular weight excluding hydrogens is 312 g/mol. The monoisotopic (exact) mass is 332 g/mol. The number of nitrogens with one attached hydrogen (secondary N) is 1. The highest BCUT2D eigenvalue weighted by Crippen LogP contribution is 2.24. The molecule has 0 bridgehead atoms. The molecule has 7 nitrogen and oxygen atoms in total. The molecule has 7 heteroatoms. The topological polar surface area (TPSA) is 104 Å². The van der Waals surface area contributed by atoms with E-state index in [1.165, 1.54) is 19.1 Å². The lowest BCUT2D eigenvalue weighted by Gasteiger charge is -2.23. The number of carbonyl (C=O) groups is 4. The van der Waals surface area contributed by atoms with Gasteiger partial charge in [-0.3, -0.25) is 19.3 Å². The summed E-state index contributed by atoms with van der Waals surface area (Å²) in [5.74, 6) is -2.88. The first-order valence-corrected chi connectivity index (χ1v) is 7.88. The number of hydrogen-bond donors (Lipinski definition) is 2. The van der Waals surface area contributed by atoms with Gasteiger partial charge in [0, 0.05) is 0 Å². The Kier molecular flexibility index (Phi) is 5.33. The Morgan fingerprint density at radius 1 is 1.17 bits per heavy atom. The maximum Gasteiger partial charge on any atom is 0.326 e. The van der Waals surface area contributed by atoms with Gasteiger partial charge in [-0.25, -0.2) is 4.79 Å². The van der Waals surface area contributed by atoms with Gasteiger partial charge < -0.3 is 10.4 Å². The zero-order chi connectivity index (χ0) is 17.9. The maximum atomic E-state index is 12.4. The fraction of sp³-hybridized carbons (Fsp3) is 0.412. The molecule has 0 saturated heterocycles. The van der Waals surface area contributed by atoms with E-state index in [0.717, 1.165) is 11.3 Å². The van der Waals surface area contributed by atoms with Gasteiger partial charge in [-0.15, -0.1) is 0 Å². The first kappa shape index (κ1) is 17.7. The number of rotatable bonds is 7. The van der Waals surface area contributed by atoms with Crippen LogP contribution in [0.4, 0.5) is 0 Å². The maximum absolute atomic E-state index is 12.4. The second-order valence-corrected chi connectivity index (χ2v) is 5.74. The number of fused-ring (bicyclic) bond motifs is 1. The number of amides is 3. The van der Waals surface area contributed by atoms with Crippen molar-refractivity contribution in [1.29, 1.82) is 0 Å². The van der Waals surface area contributed by atoms with Crippen LogP contribution in [0.15, 0.2) is 24.3 Å². The van der Waals surface area contributed by atoms with Gasteiger partial charge in [0.15, 0.2) is 0 Å². The average Bonchev–Trinajstić information content (AvgIpc) is 2.82. The number of benzene rings is 1. The van der Waals surface area contributed by atoms with Gasteiger partial charge >= 0.3 is 5.97 Å². The van der Waals surface area contributed by atoms with Crippen LogP contribution < -0.4 is 5.32 Å². The zero-order valence-corrected chi connectivity index (χ0v) is 13.6. The van der Waals surface area contributed by atoms with E-state index in [1.54, 1.807) is 12.1 Å². The van der Waals surface area contributed by atoms with Gasteiger partial charge in [-0.2, -0.15) is 0 Å². The molecule has 1 aromatic rings. The Bertz CT molecular complexity index is 650. The molecule has 0 spiro atoms. The molecule has 128 valence electrons. The third-order valence-corrected chi connectivity index (χ3v) is 4.05. The van der Waals surface area contributed by atoms with Crippen LogP contribution in [-0.4, -0.2) is 45.8 Å². The van der Waals surface area contributed by atoms with Crippen LogP contribution in [0.1, 0.15) is 53.8 Å². The van der Waals surface area contributed by atoms with E-state index < -0.39 is 35.8 Å². The van der Waals surface area contributed by atoms with Crippen molar-refractivity contribution >= 4 is 23.7 Å². The van der Waals surface area contributed by atoms with Crippen molar-refractivity contribution in [1.82, 2.24) is 10.2 Å². The Balaban J connectivity index is 2.13. The first-order valence-electron chi connectivity index (χ1n) is 7.88. The number of hydrogen-bond acceptors (Lipinski definition) is 4. The summed E-state index contributed by atoms with van der Waals surface area (Å²) in [4.78, 5) is 49.1. The number of nitrogens with zero attached hydrogens (tertiary/aromatic N) is 1. The average molecular weight is 332 g/mol. The summed E-state index contributed by atoms with van der Waals surface area (Å²) in [6.45, 7) is 3.33. The van der Waals surface area contributed by atoms with Gasteiger partial charge in [0.25, 0.3) is 11.8 Å². The third kappa shape index (κ3) is 3.29. The molecule has 1 heterocycles. The van der Waals surface area contributed by atoms with Gasteiger partial charge in [-0.1, -0.05) is 31.9 Å². The standard InChI is InChI=1S/C17H20N2O5/c1-3-4-9-13(17(23)24)18-14(20)10(2)19-15(21)11-7-5-6-8-12(11)16(19)22/h5-8,10,13H,3-4,9H2,1-2H3,(H,18,20)(H,23,24). The molecular formula is C17H20N2O5. The van der Waals surface area contributed by atoms with E-state index in [-0.39, 0.29) is 11.1 Å².